The first-order valence-electron chi connectivity index (χ1n) is 8.27. The summed E-state index contributed by atoms with van der Waals surface area (Å²) < 4.78 is 10.6. The highest BCUT2D eigenvalue weighted by Gasteiger charge is 2.17. The third kappa shape index (κ3) is 3.35. The Hall–Kier alpha value is -2.55. The number of hydrogen-bond acceptors (Lipinski definition) is 3. The maximum Gasteiger partial charge on any atom is 0.337 e. The lowest BCUT2D eigenvalue weighted by Crippen LogP contribution is -2.07. The number of carbonyl (C=O) groups is 1. The first-order chi connectivity index (χ1) is 11.6. The standard InChI is InChI=1S/C21H22O3/c1-14(2)24-18-11-9-16(10-12-18)19-6-4-5-15-7-8-17(13-20(15)19)21(22)23-3/h6-14H,4-5H2,1-3H3. The summed E-state index contributed by atoms with van der Waals surface area (Å²) in [5, 5.41) is 0. The van der Waals surface area contributed by atoms with Crippen molar-refractivity contribution < 1.29 is 14.3 Å². The molecule has 3 heteroatoms. The smallest absolute Gasteiger partial charge is 0.337 e. The van der Waals surface area contributed by atoms with Crippen molar-refractivity contribution in [2.24, 2.45) is 0 Å². The first kappa shape index (κ1) is 16.3. The lowest BCUT2D eigenvalue weighted by molar-refractivity contribution is 0.0600. The SMILES string of the molecule is COC(=O)c1ccc2c(c1)C(c1ccc(OC(C)C)cc1)=CCC2. The molecule has 0 heterocycles. The highest BCUT2D eigenvalue weighted by molar-refractivity contribution is 5.92. The van der Waals surface area contributed by atoms with Gasteiger partial charge in [-0.3, -0.25) is 0 Å². The van der Waals surface area contributed by atoms with Gasteiger partial charge in [-0.1, -0.05) is 24.3 Å². The van der Waals surface area contributed by atoms with Gasteiger partial charge in [0.25, 0.3) is 0 Å². The Labute approximate surface area is 142 Å². The Kier molecular flexibility index (Phi) is 4.70. The van der Waals surface area contributed by atoms with E-state index in [-0.39, 0.29) is 12.1 Å². The molecule has 2 aromatic rings. The monoisotopic (exact) mass is 322 g/mol. The second-order valence-corrected chi connectivity index (χ2v) is 6.21. The quantitative estimate of drug-likeness (QED) is 0.769. The summed E-state index contributed by atoms with van der Waals surface area (Å²) in [5.41, 5.74) is 5.26. The Morgan fingerprint density at radius 2 is 1.83 bits per heavy atom. The molecule has 0 aromatic heterocycles. The molecule has 0 unspecified atom stereocenters. The van der Waals surface area contributed by atoms with Gasteiger partial charge < -0.3 is 9.47 Å². The van der Waals surface area contributed by atoms with E-state index in [4.69, 9.17) is 9.47 Å². The van der Waals surface area contributed by atoms with Gasteiger partial charge in [0.15, 0.2) is 0 Å². The Morgan fingerprint density at radius 1 is 1.08 bits per heavy atom. The summed E-state index contributed by atoms with van der Waals surface area (Å²) in [4.78, 5) is 11.8. The minimum absolute atomic E-state index is 0.160. The molecular weight excluding hydrogens is 300 g/mol. The molecule has 1 aliphatic rings. The molecule has 0 atom stereocenters. The second kappa shape index (κ2) is 6.91. The normalized spacial score (nSPS) is 13.2. The molecule has 0 saturated carbocycles. The van der Waals surface area contributed by atoms with E-state index in [9.17, 15) is 4.79 Å². The number of allylic oxidation sites excluding steroid dienone is 1. The van der Waals surface area contributed by atoms with Crippen molar-refractivity contribution in [2.75, 3.05) is 7.11 Å². The van der Waals surface area contributed by atoms with Crippen molar-refractivity contribution in [2.45, 2.75) is 32.8 Å². The number of carbonyl (C=O) groups excluding carboxylic acids is 1. The lowest BCUT2D eigenvalue weighted by Gasteiger charge is -2.19. The van der Waals surface area contributed by atoms with Crippen LogP contribution in [0.2, 0.25) is 0 Å². The summed E-state index contributed by atoms with van der Waals surface area (Å²) in [6.45, 7) is 4.03. The number of methoxy groups -OCH3 is 1. The van der Waals surface area contributed by atoms with Gasteiger partial charge >= 0.3 is 5.97 Å². The summed E-state index contributed by atoms with van der Waals surface area (Å²) in [6.07, 6.45) is 4.40. The molecule has 3 rings (SSSR count). The molecule has 124 valence electrons. The minimum Gasteiger partial charge on any atom is -0.491 e. The molecule has 0 fully saturated rings. The Morgan fingerprint density at radius 3 is 2.50 bits per heavy atom. The van der Waals surface area contributed by atoms with Crippen molar-refractivity contribution in [3.8, 4) is 5.75 Å². The van der Waals surface area contributed by atoms with E-state index in [2.05, 4.69) is 18.2 Å². The predicted molar refractivity (Wildman–Crippen MR) is 95.4 cm³/mol. The number of hydrogen-bond donors (Lipinski definition) is 0. The van der Waals surface area contributed by atoms with E-state index in [1.54, 1.807) is 0 Å². The fraction of sp³-hybridized carbons (Fsp3) is 0.286. The summed E-state index contributed by atoms with van der Waals surface area (Å²) in [6, 6.07) is 13.9. The highest BCUT2D eigenvalue weighted by atomic mass is 16.5. The van der Waals surface area contributed by atoms with Gasteiger partial charge in [-0.25, -0.2) is 4.79 Å². The van der Waals surface area contributed by atoms with Crippen LogP contribution in [-0.2, 0) is 11.2 Å². The average molecular weight is 322 g/mol. The predicted octanol–water partition coefficient (Wildman–Crippen LogP) is 4.64. The molecule has 24 heavy (non-hydrogen) atoms. The zero-order valence-electron chi connectivity index (χ0n) is 14.3. The van der Waals surface area contributed by atoms with Crippen LogP contribution < -0.4 is 4.74 Å². The largest absolute Gasteiger partial charge is 0.491 e. The van der Waals surface area contributed by atoms with Crippen molar-refractivity contribution in [3.63, 3.8) is 0 Å². The number of ether oxygens (including phenoxy) is 2. The third-order valence-electron chi connectivity index (χ3n) is 4.12. The number of fused-ring (bicyclic) bond motifs is 1. The lowest BCUT2D eigenvalue weighted by atomic mass is 9.86. The van der Waals surface area contributed by atoms with Crippen LogP contribution in [0, 0.1) is 0 Å². The number of aryl methyl sites for hydroxylation is 1. The Balaban J connectivity index is 1.95. The Bertz CT molecular complexity index is 770. The fourth-order valence-electron chi connectivity index (χ4n) is 3.03. The molecule has 3 nitrogen and oxygen atoms in total. The highest BCUT2D eigenvalue weighted by Crippen LogP contribution is 2.33. The topological polar surface area (TPSA) is 35.5 Å². The zero-order valence-corrected chi connectivity index (χ0v) is 14.3. The van der Waals surface area contributed by atoms with Gasteiger partial charge in [0.1, 0.15) is 5.75 Å². The molecule has 0 saturated heterocycles. The number of rotatable bonds is 4. The van der Waals surface area contributed by atoms with Crippen LogP contribution >= 0.6 is 0 Å². The molecule has 0 spiro atoms. The van der Waals surface area contributed by atoms with Gasteiger partial charge in [-0.05, 0) is 73.2 Å². The zero-order chi connectivity index (χ0) is 17.1. The average Bonchev–Trinajstić information content (AvgIpc) is 2.60. The van der Waals surface area contributed by atoms with Gasteiger partial charge in [0.2, 0.25) is 0 Å². The molecule has 0 N–H and O–H groups in total. The number of esters is 1. The minimum atomic E-state index is -0.302. The molecule has 2 aromatic carbocycles. The maximum absolute atomic E-state index is 11.8. The third-order valence-corrected chi connectivity index (χ3v) is 4.12. The van der Waals surface area contributed by atoms with E-state index < -0.39 is 0 Å². The van der Waals surface area contributed by atoms with Crippen molar-refractivity contribution >= 4 is 11.5 Å². The fourth-order valence-corrected chi connectivity index (χ4v) is 3.03. The first-order valence-corrected chi connectivity index (χ1v) is 8.27. The molecular formula is C21H22O3. The molecule has 0 aliphatic heterocycles. The summed E-state index contributed by atoms with van der Waals surface area (Å²) in [7, 11) is 1.41. The van der Waals surface area contributed by atoms with Crippen molar-refractivity contribution in [3.05, 3.63) is 70.8 Å². The van der Waals surface area contributed by atoms with E-state index in [0.717, 1.165) is 35.3 Å². The van der Waals surface area contributed by atoms with Gasteiger partial charge in [-0.2, -0.15) is 0 Å². The van der Waals surface area contributed by atoms with Gasteiger partial charge in [-0.15, -0.1) is 0 Å². The molecule has 0 bridgehead atoms. The van der Waals surface area contributed by atoms with Crippen LogP contribution in [-0.4, -0.2) is 19.2 Å². The van der Waals surface area contributed by atoms with Gasteiger partial charge in [0, 0.05) is 0 Å². The van der Waals surface area contributed by atoms with Crippen LogP contribution in [0.4, 0.5) is 0 Å². The van der Waals surface area contributed by atoms with E-state index in [0.29, 0.717) is 5.56 Å². The van der Waals surface area contributed by atoms with Crippen LogP contribution in [0.15, 0.2) is 48.5 Å². The van der Waals surface area contributed by atoms with Crippen molar-refractivity contribution in [1.82, 2.24) is 0 Å². The maximum atomic E-state index is 11.8. The van der Waals surface area contributed by atoms with Crippen LogP contribution in [0.25, 0.3) is 5.57 Å². The second-order valence-electron chi connectivity index (χ2n) is 6.21. The van der Waals surface area contributed by atoms with Gasteiger partial charge in [0.05, 0.1) is 18.8 Å². The van der Waals surface area contributed by atoms with Crippen LogP contribution in [0.5, 0.6) is 5.75 Å². The van der Waals surface area contributed by atoms with E-state index in [1.165, 1.54) is 12.7 Å². The summed E-state index contributed by atoms with van der Waals surface area (Å²) >= 11 is 0. The van der Waals surface area contributed by atoms with E-state index in [1.807, 2.05) is 44.2 Å². The van der Waals surface area contributed by atoms with Crippen LogP contribution in [0.1, 0.15) is 47.3 Å². The van der Waals surface area contributed by atoms with E-state index >= 15 is 0 Å². The van der Waals surface area contributed by atoms with Crippen LogP contribution in [0.3, 0.4) is 0 Å². The molecule has 0 amide bonds. The summed E-state index contributed by atoms with van der Waals surface area (Å²) in [5.74, 6) is 0.567. The number of benzene rings is 2. The molecule has 1 aliphatic carbocycles. The van der Waals surface area contributed by atoms with Crippen molar-refractivity contribution in [1.29, 1.82) is 0 Å². The molecule has 0 radical (unpaired) electrons.